The highest BCUT2D eigenvalue weighted by atomic mass is 16.5. The van der Waals surface area contributed by atoms with E-state index in [0.29, 0.717) is 17.6 Å². The number of ether oxygens (including phenoxy) is 1. The standard InChI is InChI=1S/C30H31NO4/c1-16(2)19-10-9-17(3)13-25(19)35-30(34)24(14-18-7-5-4-6-8-18)31-28(32)26-20-11-12-21(23-15-22(20)23)27(26)29(31)33/h4-13,16,20-24,26-27H,14-15H2,1-3H3/t20-,21-,22-,23-,24+,26-,27+/m1/s1. The maximum Gasteiger partial charge on any atom is 0.335 e. The van der Waals surface area contributed by atoms with E-state index in [-0.39, 0.29) is 47.8 Å². The van der Waals surface area contributed by atoms with E-state index in [9.17, 15) is 14.4 Å². The van der Waals surface area contributed by atoms with E-state index in [1.165, 1.54) is 4.90 Å². The molecule has 0 unspecified atom stereocenters. The fourth-order valence-corrected chi connectivity index (χ4v) is 6.79. The molecule has 5 nitrogen and oxygen atoms in total. The summed E-state index contributed by atoms with van der Waals surface area (Å²) in [7, 11) is 0. The van der Waals surface area contributed by atoms with Crippen LogP contribution in [0.2, 0.25) is 0 Å². The summed E-state index contributed by atoms with van der Waals surface area (Å²) in [5.74, 6) is 0.323. The number of hydrogen-bond acceptors (Lipinski definition) is 4. The molecule has 5 heteroatoms. The topological polar surface area (TPSA) is 63.7 Å². The molecule has 0 spiro atoms. The van der Waals surface area contributed by atoms with Gasteiger partial charge in [-0.3, -0.25) is 14.5 Å². The van der Waals surface area contributed by atoms with Crippen LogP contribution in [0.3, 0.4) is 0 Å². The number of imide groups is 1. The highest BCUT2D eigenvalue weighted by Gasteiger charge is 2.68. The quantitative estimate of drug-likeness (QED) is 0.267. The van der Waals surface area contributed by atoms with Crippen LogP contribution in [0, 0.1) is 42.4 Å². The van der Waals surface area contributed by atoms with E-state index in [1.54, 1.807) is 0 Å². The van der Waals surface area contributed by atoms with Crippen LogP contribution in [0.15, 0.2) is 60.7 Å². The number of carbonyl (C=O) groups excluding carboxylic acids is 3. The highest BCUT2D eigenvalue weighted by Crippen LogP contribution is 2.65. The van der Waals surface area contributed by atoms with Gasteiger partial charge < -0.3 is 4.74 Å². The van der Waals surface area contributed by atoms with Crippen molar-refractivity contribution in [2.45, 2.75) is 45.6 Å². The molecular weight excluding hydrogens is 438 g/mol. The van der Waals surface area contributed by atoms with Gasteiger partial charge in [-0.05, 0) is 65.7 Å². The summed E-state index contributed by atoms with van der Waals surface area (Å²) < 4.78 is 5.98. The first-order valence-electron chi connectivity index (χ1n) is 12.8. The van der Waals surface area contributed by atoms with E-state index in [2.05, 4.69) is 26.0 Å². The number of likely N-dealkylation sites (tertiary alicyclic amines) is 1. The Balaban J connectivity index is 1.35. The zero-order valence-electron chi connectivity index (χ0n) is 20.4. The molecule has 0 N–H and O–H groups in total. The summed E-state index contributed by atoms with van der Waals surface area (Å²) in [4.78, 5) is 42.6. The van der Waals surface area contributed by atoms with Crippen molar-refractivity contribution in [2.24, 2.45) is 35.5 Å². The Hall–Kier alpha value is -3.21. The van der Waals surface area contributed by atoms with Crippen molar-refractivity contribution in [2.75, 3.05) is 0 Å². The van der Waals surface area contributed by atoms with Crippen LogP contribution in [0.1, 0.15) is 42.9 Å². The monoisotopic (exact) mass is 469 g/mol. The number of carbonyl (C=O) groups is 3. The molecule has 2 aromatic carbocycles. The van der Waals surface area contributed by atoms with Gasteiger partial charge >= 0.3 is 5.97 Å². The lowest BCUT2D eigenvalue weighted by Crippen LogP contribution is -2.48. The normalized spacial score (nSPS) is 30.9. The molecule has 2 amide bonds. The maximum atomic E-state index is 13.8. The van der Waals surface area contributed by atoms with Crippen molar-refractivity contribution >= 4 is 17.8 Å². The highest BCUT2D eigenvalue weighted by molar-refractivity contribution is 6.09. The molecule has 4 aliphatic carbocycles. The third-order valence-electron chi connectivity index (χ3n) is 8.55. The van der Waals surface area contributed by atoms with E-state index < -0.39 is 12.0 Å². The number of nitrogens with zero attached hydrogens (tertiary/aromatic N) is 1. The summed E-state index contributed by atoms with van der Waals surface area (Å²) in [5.41, 5.74) is 2.80. The van der Waals surface area contributed by atoms with Crippen LogP contribution >= 0.6 is 0 Å². The minimum absolute atomic E-state index is 0.120. The smallest absolute Gasteiger partial charge is 0.335 e. The summed E-state index contributed by atoms with van der Waals surface area (Å²) in [6, 6.07) is 14.4. The molecule has 1 aliphatic heterocycles. The molecule has 35 heavy (non-hydrogen) atoms. The third-order valence-corrected chi connectivity index (χ3v) is 8.55. The van der Waals surface area contributed by atoms with Crippen molar-refractivity contribution in [3.8, 4) is 5.75 Å². The van der Waals surface area contributed by atoms with E-state index >= 15 is 0 Å². The van der Waals surface area contributed by atoms with Gasteiger partial charge in [0, 0.05) is 6.42 Å². The molecule has 7 atom stereocenters. The summed E-state index contributed by atoms with van der Waals surface area (Å²) in [5, 5.41) is 0. The minimum Gasteiger partial charge on any atom is -0.425 e. The minimum atomic E-state index is -0.987. The number of allylic oxidation sites excluding steroid dienone is 2. The fourth-order valence-electron chi connectivity index (χ4n) is 6.79. The lowest BCUT2D eigenvalue weighted by atomic mass is 9.63. The summed E-state index contributed by atoms with van der Waals surface area (Å²) in [6.07, 6.45) is 5.66. The second-order valence-electron chi connectivity index (χ2n) is 11.0. The molecule has 2 saturated carbocycles. The lowest BCUT2D eigenvalue weighted by molar-refractivity contribution is -0.153. The van der Waals surface area contributed by atoms with Crippen LogP contribution < -0.4 is 4.74 Å². The van der Waals surface area contributed by atoms with Crippen LogP contribution in [0.5, 0.6) is 5.75 Å². The van der Waals surface area contributed by atoms with E-state index in [4.69, 9.17) is 4.74 Å². The Labute approximate surface area is 206 Å². The SMILES string of the molecule is Cc1ccc(C(C)C)c(OC(=O)[C@H](Cc2ccccc2)N2C(=O)[C@@H]3[C@@H]4C=C[C@H]([C@H]5C[C@H]45)[C@@H]3C2=O)c1. The number of esters is 1. The van der Waals surface area contributed by atoms with Crippen LogP contribution in [0.4, 0.5) is 0 Å². The second-order valence-corrected chi connectivity index (χ2v) is 11.0. The molecule has 2 bridgehead atoms. The van der Waals surface area contributed by atoms with Gasteiger partial charge in [0.25, 0.3) is 0 Å². The number of rotatable bonds is 6. The molecular formula is C30H31NO4. The average Bonchev–Trinajstić information content (AvgIpc) is 3.62. The van der Waals surface area contributed by atoms with Crippen LogP contribution in [-0.4, -0.2) is 28.7 Å². The van der Waals surface area contributed by atoms with Gasteiger partial charge in [-0.2, -0.15) is 0 Å². The van der Waals surface area contributed by atoms with Gasteiger partial charge in [-0.15, -0.1) is 0 Å². The predicted octanol–water partition coefficient (Wildman–Crippen LogP) is 4.69. The first kappa shape index (κ1) is 22.3. The van der Waals surface area contributed by atoms with E-state index in [0.717, 1.165) is 23.1 Å². The van der Waals surface area contributed by atoms with E-state index in [1.807, 2.05) is 55.5 Å². The zero-order valence-corrected chi connectivity index (χ0v) is 20.4. The van der Waals surface area contributed by atoms with Crippen molar-refractivity contribution in [1.29, 1.82) is 0 Å². The number of aryl methyl sites for hydroxylation is 1. The molecule has 3 fully saturated rings. The number of amides is 2. The molecule has 7 rings (SSSR count). The molecule has 2 aromatic rings. The summed E-state index contributed by atoms with van der Waals surface area (Å²) >= 11 is 0. The van der Waals surface area contributed by atoms with Gasteiger partial charge in [0.05, 0.1) is 11.8 Å². The van der Waals surface area contributed by atoms with Gasteiger partial charge in [0.15, 0.2) is 0 Å². The predicted molar refractivity (Wildman–Crippen MR) is 131 cm³/mol. The van der Waals surface area contributed by atoms with Crippen LogP contribution in [-0.2, 0) is 20.8 Å². The molecule has 5 aliphatic rings. The molecule has 0 aromatic heterocycles. The Bertz CT molecular complexity index is 1200. The van der Waals surface area contributed by atoms with Crippen molar-refractivity contribution in [3.05, 3.63) is 77.4 Å². The first-order valence-corrected chi connectivity index (χ1v) is 12.8. The molecule has 1 saturated heterocycles. The first-order chi connectivity index (χ1) is 16.8. The van der Waals surface area contributed by atoms with Crippen molar-refractivity contribution in [3.63, 3.8) is 0 Å². The Morgan fingerprint density at radius 3 is 2.20 bits per heavy atom. The largest absolute Gasteiger partial charge is 0.425 e. The molecule has 180 valence electrons. The van der Waals surface area contributed by atoms with Gasteiger partial charge in [0.2, 0.25) is 11.8 Å². The maximum absolute atomic E-state index is 13.8. The molecule has 1 heterocycles. The third kappa shape index (κ3) is 3.55. The average molecular weight is 470 g/mol. The number of benzene rings is 2. The van der Waals surface area contributed by atoms with Gasteiger partial charge in [-0.25, -0.2) is 4.79 Å². The fraction of sp³-hybridized carbons (Fsp3) is 0.433. The number of hydrogen-bond donors (Lipinski definition) is 0. The lowest BCUT2D eigenvalue weighted by Gasteiger charge is -2.37. The van der Waals surface area contributed by atoms with Gasteiger partial charge in [0.1, 0.15) is 11.8 Å². The second kappa shape index (κ2) is 8.18. The van der Waals surface area contributed by atoms with Crippen LogP contribution in [0.25, 0.3) is 0 Å². The van der Waals surface area contributed by atoms with Crippen molar-refractivity contribution in [1.82, 2.24) is 4.90 Å². The molecule has 0 radical (unpaired) electrons. The van der Waals surface area contributed by atoms with Crippen molar-refractivity contribution < 1.29 is 19.1 Å². The Kier molecular flexibility index (Phi) is 5.21. The Morgan fingerprint density at radius 2 is 1.60 bits per heavy atom. The van der Waals surface area contributed by atoms with Gasteiger partial charge in [-0.1, -0.05) is 68.5 Å². The Morgan fingerprint density at radius 1 is 0.971 bits per heavy atom. The summed E-state index contributed by atoms with van der Waals surface area (Å²) in [6.45, 7) is 6.06. The zero-order chi connectivity index (χ0) is 24.4.